The summed E-state index contributed by atoms with van der Waals surface area (Å²) in [5.41, 5.74) is 9.98. The lowest BCUT2D eigenvalue weighted by molar-refractivity contribution is 0.0463. The van der Waals surface area contributed by atoms with Gasteiger partial charge in [0.25, 0.3) is 0 Å². The molecule has 0 saturated heterocycles. The first kappa shape index (κ1) is 18.9. The maximum absolute atomic E-state index is 13.1. The largest absolute Gasteiger partial charge is 0.454 e. The number of ether oxygens (including phenoxy) is 1. The monoisotopic (exact) mass is 412 g/mol. The van der Waals surface area contributed by atoms with Gasteiger partial charge in [-0.1, -0.05) is 36.4 Å². The first-order valence-electron chi connectivity index (χ1n) is 10.1. The van der Waals surface area contributed by atoms with Crippen molar-refractivity contribution in [1.29, 1.82) is 0 Å². The maximum atomic E-state index is 13.1. The van der Waals surface area contributed by atoms with E-state index in [-0.39, 0.29) is 18.4 Å². The molecule has 1 aliphatic carbocycles. The molecule has 154 valence electrons. The van der Waals surface area contributed by atoms with Crippen LogP contribution in [0.2, 0.25) is 0 Å². The molecule has 4 aromatic rings. The third kappa shape index (κ3) is 3.87. The lowest BCUT2D eigenvalue weighted by Gasteiger charge is -2.12. The number of para-hydroxylation sites is 2. The van der Waals surface area contributed by atoms with E-state index in [1.807, 2.05) is 54.6 Å². The lowest BCUT2D eigenvalue weighted by atomic mass is 10.0. The van der Waals surface area contributed by atoms with Crippen molar-refractivity contribution in [1.82, 2.24) is 19.9 Å². The lowest BCUT2D eigenvalue weighted by Crippen LogP contribution is -2.13. The van der Waals surface area contributed by atoms with E-state index in [1.54, 1.807) is 0 Å². The summed E-state index contributed by atoms with van der Waals surface area (Å²) in [5, 5.41) is 3.87. The molecule has 3 N–H and O–H groups in total. The average Bonchev–Trinajstić information content (AvgIpc) is 3.24. The van der Waals surface area contributed by atoms with Crippen molar-refractivity contribution in [2.75, 3.05) is 11.1 Å². The molecule has 0 saturated carbocycles. The van der Waals surface area contributed by atoms with Gasteiger partial charge in [-0.25, -0.2) is 4.79 Å². The quantitative estimate of drug-likeness (QED) is 0.478. The second-order valence-corrected chi connectivity index (χ2v) is 7.28. The average molecular weight is 412 g/mol. The van der Waals surface area contributed by atoms with Crippen LogP contribution in [0.3, 0.4) is 0 Å². The Balaban J connectivity index is 1.39. The molecule has 0 bridgehead atoms. The Labute approximate surface area is 178 Å². The number of nitrogens with two attached hydrogens (primary N) is 1. The highest BCUT2D eigenvalue weighted by atomic mass is 16.5. The number of carbonyl (C=O) groups excluding carboxylic acids is 1. The minimum absolute atomic E-state index is 0.0507. The minimum atomic E-state index is -0.409. The molecule has 0 atom stereocenters. The highest BCUT2D eigenvalue weighted by Gasteiger charge is 2.25. The van der Waals surface area contributed by atoms with Crippen LogP contribution in [0.25, 0.3) is 10.9 Å². The zero-order valence-corrected chi connectivity index (χ0v) is 16.7. The summed E-state index contributed by atoms with van der Waals surface area (Å²) < 4.78 is 5.60. The van der Waals surface area contributed by atoms with Crippen molar-refractivity contribution in [2.45, 2.75) is 25.9 Å². The summed E-state index contributed by atoms with van der Waals surface area (Å²) in [7, 11) is 0. The van der Waals surface area contributed by atoms with Crippen molar-refractivity contribution in [3.63, 3.8) is 0 Å². The van der Waals surface area contributed by atoms with Crippen LogP contribution in [0.4, 0.5) is 17.6 Å². The third-order valence-corrected chi connectivity index (χ3v) is 5.18. The molecular weight excluding hydrogens is 392 g/mol. The Kier molecular flexibility index (Phi) is 4.87. The summed E-state index contributed by atoms with van der Waals surface area (Å²) in [6.07, 6.45) is 2.68. The van der Waals surface area contributed by atoms with Gasteiger partial charge in [-0.15, -0.1) is 0 Å². The molecule has 2 aromatic carbocycles. The van der Waals surface area contributed by atoms with Crippen LogP contribution in [-0.2, 0) is 24.2 Å². The Morgan fingerprint density at radius 1 is 0.968 bits per heavy atom. The molecular formula is C23H20N6O2. The number of fused-ring (bicyclic) bond motifs is 2. The minimum Gasteiger partial charge on any atom is -0.454 e. The van der Waals surface area contributed by atoms with Crippen LogP contribution < -0.4 is 11.1 Å². The van der Waals surface area contributed by atoms with Gasteiger partial charge in [0, 0.05) is 16.8 Å². The van der Waals surface area contributed by atoms with Crippen LogP contribution >= 0.6 is 0 Å². The molecule has 0 fully saturated rings. The van der Waals surface area contributed by atoms with Crippen LogP contribution in [0.1, 0.15) is 33.9 Å². The number of nitrogens with one attached hydrogen (secondary N) is 1. The van der Waals surface area contributed by atoms with Crippen LogP contribution in [-0.4, -0.2) is 25.9 Å². The molecule has 0 unspecified atom stereocenters. The Hall–Kier alpha value is -4.07. The molecule has 0 aliphatic heterocycles. The van der Waals surface area contributed by atoms with E-state index < -0.39 is 5.97 Å². The van der Waals surface area contributed by atoms with Crippen molar-refractivity contribution >= 4 is 34.5 Å². The van der Waals surface area contributed by atoms with E-state index in [0.717, 1.165) is 47.1 Å². The predicted octanol–water partition coefficient (Wildman–Crippen LogP) is 3.59. The van der Waals surface area contributed by atoms with Crippen molar-refractivity contribution in [2.24, 2.45) is 0 Å². The number of nitrogens with zero attached hydrogens (tertiary/aromatic N) is 4. The number of hydrogen-bond acceptors (Lipinski definition) is 8. The number of rotatable bonds is 5. The van der Waals surface area contributed by atoms with Gasteiger partial charge in [-0.05, 0) is 43.0 Å². The molecule has 5 rings (SSSR count). The van der Waals surface area contributed by atoms with Crippen molar-refractivity contribution in [3.05, 3.63) is 77.2 Å². The molecule has 1 aliphatic rings. The number of benzene rings is 2. The molecule has 31 heavy (non-hydrogen) atoms. The van der Waals surface area contributed by atoms with Gasteiger partial charge in [-0.2, -0.15) is 15.0 Å². The Morgan fingerprint density at radius 2 is 1.77 bits per heavy atom. The Bertz CT molecular complexity index is 1280. The van der Waals surface area contributed by atoms with Gasteiger partial charge in [0.05, 0.1) is 11.1 Å². The first-order valence-corrected chi connectivity index (χ1v) is 10.1. The number of pyridine rings is 1. The number of aromatic nitrogens is 4. The second kappa shape index (κ2) is 7.98. The SMILES string of the molecule is Nc1nc(COC(=O)c2c3c(nc4ccccc24)CCC3)nc(Nc2ccccc2)n1. The topological polar surface area (TPSA) is 116 Å². The van der Waals surface area contributed by atoms with Gasteiger partial charge >= 0.3 is 5.97 Å². The van der Waals surface area contributed by atoms with Gasteiger partial charge in [0.2, 0.25) is 11.9 Å². The summed E-state index contributed by atoms with van der Waals surface area (Å²) in [6, 6.07) is 17.1. The number of anilines is 3. The standard InChI is InChI=1S/C23H20N6O2/c24-22-27-19(28-23(29-22)25-14-7-2-1-3-8-14)13-31-21(30)20-15-9-4-5-11-17(15)26-18-12-6-10-16(18)20/h1-5,7-9,11H,6,10,12-13H2,(H3,24,25,27,28,29). The number of esters is 1. The van der Waals surface area contributed by atoms with E-state index in [2.05, 4.69) is 20.3 Å². The predicted molar refractivity (Wildman–Crippen MR) is 117 cm³/mol. The second-order valence-electron chi connectivity index (χ2n) is 7.28. The molecule has 2 aromatic heterocycles. The zero-order chi connectivity index (χ0) is 21.2. The van der Waals surface area contributed by atoms with Crippen LogP contribution in [0, 0.1) is 0 Å². The summed E-state index contributed by atoms with van der Waals surface area (Å²) in [4.78, 5) is 30.3. The van der Waals surface area contributed by atoms with Gasteiger partial charge in [-0.3, -0.25) is 4.98 Å². The van der Waals surface area contributed by atoms with Gasteiger partial charge in [0.15, 0.2) is 12.4 Å². The van der Waals surface area contributed by atoms with E-state index >= 15 is 0 Å². The fraction of sp³-hybridized carbons (Fsp3) is 0.174. The molecule has 0 radical (unpaired) electrons. The highest BCUT2D eigenvalue weighted by Crippen LogP contribution is 2.30. The molecule has 0 amide bonds. The van der Waals surface area contributed by atoms with Gasteiger partial charge < -0.3 is 15.8 Å². The number of aryl methyl sites for hydroxylation is 1. The molecule has 8 nitrogen and oxygen atoms in total. The third-order valence-electron chi connectivity index (χ3n) is 5.18. The van der Waals surface area contributed by atoms with Crippen LogP contribution in [0.15, 0.2) is 54.6 Å². The highest BCUT2D eigenvalue weighted by molar-refractivity contribution is 6.05. The van der Waals surface area contributed by atoms with Crippen LogP contribution in [0.5, 0.6) is 0 Å². The number of nitrogen functional groups attached to an aromatic ring is 1. The fourth-order valence-corrected chi connectivity index (χ4v) is 3.86. The van der Waals surface area contributed by atoms with E-state index in [0.29, 0.717) is 11.5 Å². The number of carbonyl (C=O) groups is 1. The first-order chi connectivity index (χ1) is 15.2. The normalized spacial score (nSPS) is 12.5. The van der Waals surface area contributed by atoms with E-state index in [4.69, 9.17) is 15.5 Å². The fourth-order valence-electron chi connectivity index (χ4n) is 3.86. The summed E-state index contributed by atoms with van der Waals surface area (Å²) in [6.45, 7) is -0.111. The smallest absolute Gasteiger partial charge is 0.339 e. The van der Waals surface area contributed by atoms with Gasteiger partial charge in [0.1, 0.15) is 0 Å². The van der Waals surface area contributed by atoms with Crippen molar-refractivity contribution in [3.8, 4) is 0 Å². The Morgan fingerprint density at radius 3 is 2.65 bits per heavy atom. The number of hydrogen-bond donors (Lipinski definition) is 2. The van der Waals surface area contributed by atoms with Crippen molar-refractivity contribution < 1.29 is 9.53 Å². The molecule has 0 spiro atoms. The van der Waals surface area contributed by atoms with E-state index in [1.165, 1.54) is 0 Å². The summed E-state index contributed by atoms with van der Waals surface area (Å²) in [5.74, 6) is 0.206. The summed E-state index contributed by atoms with van der Waals surface area (Å²) >= 11 is 0. The molecule has 2 heterocycles. The zero-order valence-electron chi connectivity index (χ0n) is 16.7. The maximum Gasteiger partial charge on any atom is 0.339 e. The van der Waals surface area contributed by atoms with E-state index in [9.17, 15) is 4.79 Å². The molecule has 8 heteroatoms.